The number of nitrogens with zero attached hydrogens (tertiary/aromatic N) is 4. The second kappa shape index (κ2) is 11.3. The van der Waals surface area contributed by atoms with Crippen molar-refractivity contribution in [3.8, 4) is 0 Å². The van der Waals surface area contributed by atoms with Crippen LogP contribution in [0.3, 0.4) is 0 Å². The SMILES string of the molecule is CC(COC1CCN([C@@H]2CCN(c3ncc(C(F)(F)F)cn3)C[C@H]2O[Si](C)(C)C(C)(C)C)C1=O)OC(N)=O. The van der Waals surface area contributed by atoms with Crippen molar-refractivity contribution in [3.05, 3.63) is 18.0 Å². The molecule has 3 heterocycles. The van der Waals surface area contributed by atoms with Gasteiger partial charge in [0.05, 0.1) is 24.3 Å². The molecule has 14 heteroatoms. The zero-order chi connectivity index (χ0) is 28.5. The van der Waals surface area contributed by atoms with Gasteiger partial charge in [-0.05, 0) is 31.5 Å². The Morgan fingerprint density at radius 3 is 2.37 bits per heavy atom. The van der Waals surface area contributed by atoms with Crippen LogP contribution >= 0.6 is 0 Å². The number of hydrogen-bond acceptors (Lipinski definition) is 8. The average Bonchev–Trinajstić information content (AvgIpc) is 3.15. The second-order valence-electron chi connectivity index (χ2n) is 11.4. The highest BCUT2D eigenvalue weighted by Gasteiger charge is 2.47. The summed E-state index contributed by atoms with van der Waals surface area (Å²) in [6.07, 6.45) is -4.49. The minimum Gasteiger partial charge on any atom is -0.444 e. The molecule has 0 radical (unpaired) electrons. The topological polar surface area (TPSA) is 120 Å². The molecule has 0 aromatic carbocycles. The van der Waals surface area contributed by atoms with E-state index in [0.29, 0.717) is 32.5 Å². The van der Waals surface area contributed by atoms with Crippen LogP contribution in [-0.2, 0) is 24.9 Å². The van der Waals surface area contributed by atoms with Gasteiger partial charge in [0, 0.05) is 38.4 Å². The third kappa shape index (κ3) is 7.14. The minimum absolute atomic E-state index is 0.0424. The molecular formula is C24H38F3N5O5Si. The number of likely N-dealkylation sites (tertiary alicyclic amines) is 1. The lowest BCUT2D eigenvalue weighted by atomic mass is 10.0. The van der Waals surface area contributed by atoms with Gasteiger partial charge in [-0.25, -0.2) is 14.8 Å². The van der Waals surface area contributed by atoms with Crippen molar-refractivity contribution in [2.24, 2.45) is 5.73 Å². The van der Waals surface area contributed by atoms with Gasteiger partial charge in [-0.3, -0.25) is 4.79 Å². The number of anilines is 1. The highest BCUT2D eigenvalue weighted by Crippen LogP contribution is 2.39. The van der Waals surface area contributed by atoms with E-state index in [1.807, 2.05) is 4.90 Å². The van der Waals surface area contributed by atoms with Crippen LogP contribution in [0.4, 0.5) is 23.9 Å². The predicted octanol–water partition coefficient (Wildman–Crippen LogP) is 3.57. The van der Waals surface area contributed by atoms with E-state index in [2.05, 4.69) is 43.8 Å². The molecule has 1 aromatic rings. The first-order valence-corrected chi connectivity index (χ1v) is 15.6. The van der Waals surface area contributed by atoms with Gasteiger partial charge in [-0.2, -0.15) is 13.2 Å². The number of nitrogens with two attached hydrogens (primary N) is 1. The zero-order valence-corrected chi connectivity index (χ0v) is 23.7. The Bertz CT molecular complexity index is 989. The lowest BCUT2D eigenvalue weighted by Gasteiger charge is -2.47. The summed E-state index contributed by atoms with van der Waals surface area (Å²) in [6, 6.07) is -0.241. The lowest BCUT2D eigenvalue weighted by molar-refractivity contribution is -0.142. The Hall–Kier alpha value is -2.45. The number of alkyl halides is 3. The van der Waals surface area contributed by atoms with E-state index in [0.717, 1.165) is 12.4 Å². The second-order valence-corrected chi connectivity index (χ2v) is 16.1. The van der Waals surface area contributed by atoms with Crippen LogP contribution in [0.2, 0.25) is 18.1 Å². The van der Waals surface area contributed by atoms with Gasteiger partial charge in [0.1, 0.15) is 12.2 Å². The van der Waals surface area contributed by atoms with Crippen LogP contribution in [0.1, 0.15) is 46.1 Å². The average molecular weight is 562 g/mol. The fraction of sp³-hybridized carbons (Fsp3) is 0.750. The summed E-state index contributed by atoms with van der Waals surface area (Å²) in [4.78, 5) is 35.8. The van der Waals surface area contributed by atoms with Gasteiger partial charge in [0.2, 0.25) is 5.95 Å². The molecule has 2 unspecified atom stereocenters. The van der Waals surface area contributed by atoms with Crippen LogP contribution in [0.25, 0.3) is 0 Å². The van der Waals surface area contributed by atoms with Gasteiger partial charge in [0.25, 0.3) is 5.91 Å². The number of aromatic nitrogens is 2. The van der Waals surface area contributed by atoms with Gasteiger partial charge >= 0.3 is 12.3 Å². The van der Waals surface area contributed by atoms with Crippen molar-refractivity contribution in [2.75, 3.05) is 31.1 Å². The lowest BCUT2D eigenvalue weighted by Crippen LogP contribution is -2.60. The van der Waals surface area contributed by atoms with E-state index in [9.17, 15) is 22.8 Å². The van der Waals surface area contributed by atoms with Crippen molar-refractivity contribution in [3.63, 3.8) is 0 Å². The molecule has 1 aromatic heterocycles. The number of primary amides is 1. The number of carbonyl (C=O) groups excluding carboxylic acids is 2. The molecule has 3 rings (SSSR count). The molecule has 214 valence electrons. The van der Waals surface area contributed by atoms with Gasteiger partial charge < -0.3 is 29.4 Å². The van der Waals surface area contributed by atoms with Crippen LogP contribution in [0.5, 0.6) is 0 Å². The summed E-state index contributed by atoms with van der Waals surface area (Å²) >= 11 is 0. The number of piperidine rings is 1. The van der Waals surface area contributed by atoms with E-state index < -0.39 is 44.5 Å². The fourth-order valence-electron chi connectivity index (χ4n) is 4.39. The molecular weight excluding hydrogens is 523 g/mol. The monoisotopic (exact) mass is 561 g/mol. The Labute approximate surface area is 222 Å². The van der Waals surface area contributed by atoms with E-state index in [4.69, 9.17) is 19.6 Å². The predicted molar refractivity (Wildman–Crippen MR) is 136 cm³/mol. The van der Waals surface area contributed by atoms with Crippen molar-refractivity contribution in [1.29, 1.82) is 0 Å². The Morgan fingerprint density at radius 2 is 1.82 bits per heavy atom. The third-order valence-electron chi connectivity index (χ3n) is 7.47. The highest BCUT2D eigenvalue weighted by atomic mass is 28.4. The van der Waals surface area contributed by atoms with Gasteiger partial charge in [0.15, 0.2) is 8.32 Å². The molecule has 0 aliphatic carbocycles. The standard InChI is InChI=1S/C24H38F3N5O5Si/c1-15(36-21(28)34)14-35-18-8-10-32(20(18)33)17-7-9-31(13-19(17)37-38(5,6)23(2,3)4)22-29-11-16(12-30-22)24(25,26)27/h11-12,15,17-19H,7-10,13-14H2,1-6H3,(H2,28,34)/t15?,17-,18?,19-/m1/s1. The molecule has 0 saturated carbocycles. The third-order valence-corrected chi connectivity index (χ3v) is 12.0. The summed E-state index contributed by atoms with van der Waals surface area (Å²) < 4.78 is 56.3. The molecule has 2 saturated heterocycles. The van der Waals surface area contributed by atoms with Crippen molar-refractivity contribution >= 4 is 26.3 Å². The fourth-order valence-corrected chi connectivity index (χ4v) is 5.73. The first-order valence-electron chi connectivity index (χ1n) is 12.7. The molecule has 0 bridgehead atoms. The maximum absolute atomic E-state index is 13.3. The molecule has 2 aliphatic heterocycles. The van der Waals surface area contributed by atoms with E-state index in [1.165, 1.54) is 0 Å². The molecule has 4 atom stereocenters. The first kappa shape index (κ1) is 30.1. The Balaban J connectivity index is 1.76. The van der Waals surface area contributed by atoms with Gasteiger partial charge in [-0.15, -0.1) is 0 Å². The largest absolute Gasteiger partial charge is 0.444 e. The summed E-state index contributed by atoms with van der Waals surface area (Å²) in [7, 11) is -2.28. The van der Waals surface area contributed by atoms with Crippen LogP contribution < -0.4 is 10.6 Å². The molecule has 2 fully saturated rings. The van der Waals surface area contributed by atoms with E-state index in [-0.39, 0.29) is 29.5 Å². The summed E-state index contributed by atoms with van der Waals surface area (Å²) in [5.74, 6) is 0.0296. The normalized spacial score (nSPS) is 24.0. The smallest absolute Gasteiger partial charge is 0.419 e. The van der Waals surface area contributed by atoms with Crippen LogP contribution in [-0.4, -0.2) is 85.8 Å². The number of amides is 2. The molecule has 2 aliphatic rings. The molecule has 38 heavy (non-hydrogen) atoms. The van der Waals surface area contributed by atoms with E-state index in [1.54, 1.807) is 11.8 Å². The molecule has 10 nitrogen and oxygen atoms in total. The Morgan fingerprint density at radius 1 is 1.18 bits per heavy atom. The maximum Gasteiger partial charge on any atom is 0.419 e. The molecule has 0 spiro atoms. The summed E-state index contributed by atoms with van der Waals surface area (Å²) in [6.45, 7) is 13.5. The van der Waals surface area contributed by atoms with Gasteiger partial charge in [-0.1, -0.05) is 20.8 Å². The first-order chi connectivity index (χ1) is 17.5. The van der Waals surface area contributed by atoms with Crippen LogP contribution in [0.15, 0.2) is 12.4 Å². The van der Waals surface area contributed by atoms with Crippen molar-refractivity contribution in [2.45, 2.75) is 89.2 Å². The van der Waals surface area contributed by atoms with E-state index >= 15 is 0 Å². The highest BCUT2D eigenvalue weighted by molar-refractivity contribution is 6.74. The van der Waals surface area contributed by atoms with Crippen LogP contribution in [0, 0.1) is 0 Å². The minimum atomic E-state index is -4.52. The van der Waals surface area contributed by atoms with Crippen molar-refractivity contribution in [1.82, 2.24) is 14.9 Å². The molecule has 2 N–H and O–H groups in total. The molecule has 2 amide bonds. The number of halogens is 3. The summed E-state index contributed by atoms with van der Waals surface area (Å²) in [5, 5.41) is -0.0953. The quantitative estimate of drug-likeness (QED) is 0.479. The zero-order valence-electron chi connectivity index (χ0n) is 22.7. The number of ether oxygens (including phenoxy) is 2. The number of rotatable bonds is 8. The Kier molecular flexibility index (Phi) is 8.98. The van der Waals surface area contributed by atoms with Crippen molar-refractivity contribution < 1.29 is 36.7 Å². The number of carbonyl (C=O) groups is 2. The number of hydrogen-bond donors (Lipinski definition) is 1. The summed E-state index contributed by atoms with van der Waals surface area (Å²) in [5.41, 5.74) is 4.13. The maximum atomic E-state index is 13.3.